The van der Waals surface area contributed by atoms with Gasteiger partial charge in [-0.15, -0.1) is 0 Å². The fraction of sp³-hybridized carbons (Fsp3) is 0.444. The fourth-order valence-electron chi connectivity index (χ4n) is 5.72. The first-order chi connectivity index (χ1) is 18.2. The maximum atomic E-state index is 14.1. The van der Waals surface area contributed by atoms with E-state index in [4.69, 9.17) is 4.74 Å². The van der Waals surface area contributed by atoms with Crippen LogP contribution < -0.4 is 11.0 Å². The number of alkyl halides is 3. The van der Waals surface area contributed by atoms with E-state index in [1.54, 1.807) is 6.07 Å². The molecule has 8 nitrogen and oxygen atoms in total. The number of pyridine rings is 1. The number of benzene rings is 1. The minimum atomic E-state index is -4.61. The monoisotopic (exact) mass is 526 g/mol. The summed E-state index contributed by atoms with van der Waals surface area (Å²) in [6.07, 6.45) is 4.01. The van der Waals surface area contributed by atoms with Crippen LogP contribution in [-0.4, -0.2) is 42.9 Å². The van der Waals surface area contributed by atoms with Crippen LogP contribution in [0.2, 0.25) is 0 Å². The van der Waals surface area contributed by atoms with Gasteiger partial charge in [-0.1, -0.05) is 12.1 Å². The molecule has 2 aliphatic rings. The number of halogens is 3. The van der Waals surface area contributed by atoms with Crippen LogP contribution in [0.25, 0.3) is 11.2 Å². The number of rotatable bonds is 6. The normalized spacial score (nSPS) is 18.9. The molecule has 6 rings (SSSR count). The molecule has 11 heteroatoms. The highest BCUT2D eigenvalue weighted by Gasteiger charge is 2.39. The van der Waals surface area contributed by atoms with Crippen molar-refractivity contribution in [3.05, 3.63) is 82.1 Å². The molecule has 1 saturated heterocycles. The van der Waals surface area contributed by atoms with Crippen molar-refractivity contribution in [2.75, 3.05) is 13.2 Å². The van der Waals surface area contributed by atoms with Gasteiger partial charge in [0.05, 0.1) is 22.2 Å². The summed E-state index contributed by atoms with van der Waals surface area (Å²) in [4.78, 5) is 17.9. The van der Waals surface area contributed by atoms with Gasteiger partial charge in [0.25, 0.3) is 0 Å². The standard InChI is InChI=1S/C27H29F3N6O2/c1-25(6-3-7-25)32-14-18-12-21(27(28,29)30)22-16-35(24(37)36(22)15-18)20-5-2-4-19(13-20)26(8-10-38-11-9-26)23-31-17-33-34-23/h2,4-5,12-13,15-17,32H,3,6-11,14H2,1H3,(H,31,33,34). The summed E-state index contributed by atoms with van der Waals surface area (Å²) in [5.41, 5.74) is -0.343. The molecule has 0 bridgehead atoms. The first-order valence-electron chi connectivity index (χ1n) is 12.8. The topological polar surface area (TPSA) is 89.2 Å². The Morgan fingerprint density at radius 3 is 2.58 bits per heavy atom. The molecule has 1 aromatic carbocycles. The number of imidazole rings is 1. The van der Waals surface area contributed by atoms with E-state index in [9.17, 15) is 18.0 Å². The van der Waals surface area contributed by atoms with E-state index in [0.29, 0.717) is 43.1 Å². The van der Waals surface area contributed by atoms with E-state index in [0.717, 1.165) is 35.3 Å². The maximum absolute atomic E-state index is 14.1. The van der Waals surface area contributed by atoms with Gasteiger partial charge in [0.1, 0.15) is 12.2 Å². The van der Waals surface area contributed by atoms with Crippen molar-refractivity contribution in [3.8, 4) is 5.69 Å². The lowest BCUT2D eigenvalue weighted by atomic mass is 9.73. The molecule has 0 amide bonds. The zero-order chi connectivity index (χ0) is 26.5. The highest BCUT2D eigenvalue weighted by atomic mass is 19.4. The van der Waals surface area contributed by atoms with Crippen molar-refractivity contribution in [1.29, 1.82) is 0 Å². The molecule has 1 saturated carbocycles. The van der Waals surface area contributed by atoms with Crippen molar-refractivity contribution < 1.29 is 17.9 Å². The molecule has 0 spiro atoms. The lowest BCUT2D eigenvalue weighted by molar-refractivity contribution is -0.136. The largest absolute Gasteiger partial charge is 0.418 e. The molecule has 4 heterocycles. The molecule has 0 unspecified atom stereocenters. The third kappa shape index (κ3) is 4.23. The number of aromatic amines is 1. The summed E-state index contributed by atoms with van der Waals surface area (Å²) in [5.74, 6) is 0.698. The Morgan fingerprint density at radius 2 is 1.92 bits per heavy atom. The van der Waals surface area contributed by atoms with Crippen LogP contribution in [0.4, 0.5) is 13.2 Å². The number of nitrogens with one attached hydrogen (secondary N) is 2. The third-order valence-corrected chi connectivity index (χ3v) is 8.20. The second kappa shape index (κ2) is 9.09. The van der Waals surface area contributed by atoms with E-state index in [-0.39, 0.29) is 17.6 Å². The van der Waals surface area contributed by atoms with Crippen LogP contribution in [0.15, 0.2) is 53.8 Å². The van der Waals surface area contributed by atoms with E-state index in [2.05, 4.69) is 27.4 Å². The van der Waals surface area contributed by atoms with E-state index in [1.807, 2.05) is 18.2 Å². The number of fused-ring (bicyclic) bond motifs is 1. The lowest BCUT2D eigenvalue weighted by Crippen LogP contribution is -2.47. The first kappa shape index (κ1) is 24.9. The van der Waals surface area contributed by atoms with Crippen molar-refractivity contribution in [1.82, 2.24) is 29.5 Å². The van der Waals surface area contributed by atoms with Crippen LogP contribution >= 0.6 is 0 Å². The molecule has 0 radical (unpaired) electrons. The fourth-order valence-corrected chi connectivity index (χ4v) is 5.72. The zero-order valence-corrected chi connectivity index (χ0v) is 21.0. The predicted octanol–water partition coefficient (Wildman–Crippen LogP) is 4.36. The van der Waals surface area contributed by atoms with Gasteiger partial charge in [-0.25, -0.2) is 9.78 Å². The molecule has 2 fully saturated rings. The lowest BCUT2D eigenvalue weighted by Gasteiger charge is -2.39. The number of ether oxygens (including phenoxy) is 1. The molecular formula is C27H29F3N6O2. The minimum Gasteiger partial charge on any atom is -0.381 e. The number of nitrogens with zero attached hydrogens (tertiary/aromatic N) is 4. The summed E-state index contributed by atoms with van der Waals surface area (Å²) in [6.45, 7) is 3.39. The SMILES string of the molecule is CC1(NCc2cc(C(F)(F)F)c3cn(-c4cccc(C5(c6ncn[nH]6)CCOCC5)c4)c(=O)n3c2)CCC1. The Balaban J connectivity index is 1.44. The Bertz CT molecular complexity index is 1510. The van der Waals surface area contributed by atoms with Crippen molar-refractivity contribution in [3.63, 3.8) is 0 Å². The smallest absolute Gasteiger partial charge is 0.381 e. The molecular weight excluding hydrogens is 497 g/mol. The summed E-state index contributed by atoms with van der Waals surface area (Å²) in [6, 6.07) is 8.48. The first-order valence-corrected chi connectivity index (χ1v) is 12.8. The van der Waals surface area contributed by atoms with Crippen molar-refractivity contribution >= 4 is 5.52 Å². The molecule has 1 aliphatic heterocycles. The molecule has 3 aromatic heterocycles. The molecule has 200 valence electrons. The number of aromatic nitrogens is 5. The highest BCUT2D eigenvalue weighted by molar-refractivity contribution is 5.58. The van der Waals surface area contributed by atoms with Gasteiger partial charge < -0.3 is 10.1 Å². The number of H-pyrrole nitrogens is 1. The average Bonchev–Trinajstić information content (AvgIpc) is 3.55. The van der Waals surface area contributed by atoms with Crippen LogP contribution in [0.1, 0.15) is 61.5 Å². The van der Waals surface area contributed by atoms with Gasteiger partial charge >= 0.3 is 11.9 Å². The molecule has 4 aromatic rings. The average molecular weight is 527 g/mol. The van der Waals surface area contributed by atoms with Gasteiger partial charge in [0, 0.05) is 37.7 Å². The highest BCUT2D eigenvalue weighted by Crippen LogP contribution is 2.40. The van der Waals surface area contributed by atoms with Gasteiger partial charge in [0.15, 0.2) is 0 Å². The van der Waals surface area contributed by atoms with Crippen molar-refractivity contribution in [2.45, 2.75) is 62.7 Å². The Labute approximate surface area is 216 Å². The van der Waals surface area contributed by atoms with E-state index >= 15 is 0 Å². The zero-order valence-electron chi connectivity index (χ0n) is 21.0. The molecule has 1 aliphatic carbocycles. The Kier molecular flexibility index (Phi) is 5.95. The summed E-state index contributed by atoms with van der Waals surface area (Å²) >= 11 is 0. The Morgan fingerprint density at radius 1 is 1.13 bits per heavy atom. The van der Waals surface area contributed by atoms with Gasteiger partial charge in [-0.05, 0) is 68.4 Å². The second-order valence-electron chi connectivity index (χ2n) is 10.6. The molecule has 2 N–H and O–H groups in total. The van der Waals surface area contributed by atoms with Gasteiger partial charge in [0.2, 0.25) is 0 Å². The third-order valence-electron chi connectivity index (χ3n) is 8.20. The Hall–Kier alpha value is -3.44. The summed E-state index contributed by atoms with van der Waals surface area (Å²) in [5, 5.41) is 10.4. The van der Waals surface area contributed by atoms with Crippen LogP contribution in [0, 0.1) is 0 Å². The minimum absolute atomic E-state index is 0.0751. The van der Waals surface area contributed by atoms with Crippen LogP contribution in [-0.2, 0) is 22.9 Å². The number of hydrogen-bond donors (Lipinski definition) is 2. The van der Waals surface area contributed by atoms with Gasteiger partial charge in [-0.3, -0.25) is 14.1 Å². The number of hydrogen-bond acceptors (Lipinski definition) is 5. The van der Waals surface area contributed by atoms with Crippen LogP contribution in [0.3, 0.4) is 0 Å². The second-order valence-corrected chi connectivity index (χ2v) is 10.6. The van der Waals surface area contributed by atoms with E-state index < -0.39 is 22.8 Å². The summed E-state index contributed by atoms with van der Waals surface area (Å²) in [7, 11) is 0. The predicted molar refractivity (Wildman–Crippen MR) is 134 cm³/mol. The van der Waals surface area contributed by atoms with Crippen LogP contribution in [0.5, 0.6) is 0 Å². The molecule has 38 heavy (non-hydrogen) atoms. The maximum Gasteiger partial charge on any atom is 0.418 e. The van der Waals surface area contributed by atoms with E-state index in [1.165, 1.54) is 23.3 Å². The van der Waals surface area contributed by atoms with Crippen molar-refractivity contribution in [2.24, 2.45) is 0 Å². The summed E-state index contributed by atoms with van der Waals surface area (Å²) < 4.78 is 50.4. The quantitative estimate of drug-likeness (QED) is 0.390. The molecule has 0 atom stereocenters. The van der Waals surface area contributed by atoms with Gasteiger partial charge in [-0.2, -0.15) is 18.3 Å².